The summed E-state index contributed by atoms with van der Waals surface area (Å²) in [6, 6.07) is 22.8. The van der Waals surface area contributed by atoms with Crippen molar-refractivity contribution in [1.29, 1.82) is 0 Å². The molecule has 0 aliphatic carbocycles. The first-order chi connectivity index (χ1) is 14.7. The molecule has 2 heterocycles. The van der Waals surface area contributed by atoms with Crippen molar-refractivity contribution in [1.82, 2.24) is 5.01 Å². The van der Waals surface area contributed by atoms with Gasteiger partial charge in [-0.25, -0.2) is 5.01 Å². The van der Waals surface area contributed by atoms with Crippen molar-refractivity contribution in [3.05, 3.63) is 89.0 Å². The fourth-order valence-corrected chi connectivity index (χ4v) is 4.18. The Morgan fingerprint density at radius 2 is 1.70 bits per heavy atom. The number of hydrazone groups is 1. The second-order valence-corrected chi connectivity index (χ2v) is 7.64. The Morgan fingerprint density at radius 1 is 0.933 bits per heavy atom. The molecule has 152 valence electrons. The molecule has 0 amide bonds. The Morgan fingerprint density at radius 3 is 2.47 bits per heavy atom. The highest BCUT2D eigenvalue weighted by Crippen LogP contribution is 2.48. The lowest BCUT2D eigenvalue weighted by Gasteiger charge is -2.38. The van der Waals surface area contributed by atoms with E-state index in [1.807, 2.05) is 30.3 Å². The topological polar surface area (TPSA) is 43.3 Å². The van der Waals surface area contributed by atoms with Crippen LogP contribution in [-0.2, 0) is 0 Å². The van der Waals surface area contributed by atoms with E-state index in [9.17, 15) is 0 Å². The van der Waals surface area contributed by atoms with Gasteiger partial charge in [0.15, 0.2) is 11.5 Å². The summed E-state index contributed by atoms with van der Waals surface area (Å²) in [4.78, 5) is 0. The van der Waals surface area contributed by atoms with Gasteiger partial charge in [0, 0.05) is 17.5 Å². The normalized spacial score (nSPS) is 19.4. The van der Waals surface area contributed by atoms with E-state index in [4.69, 9.17) is 19.3 Å². The van der Waals surface area contributed by atoms with Crippen LogP contribution in [0.25, 0.3) is 0 Å². The molecule has 0 fully saturated rings. The first-order valence-electron chi connectivity index (χ1n) is 10.1. The van der Waals surface area contributed by atoms with Crippen LogP contribution in [0.15, 0.2) is 71.8 Å². The van der Waals surface area contributed by atoms with E-state index < -0.39 is 0 Å². The van der Waals surface area contributed by atoms with E-state index >= 15 is 0 Å². The van der Waals surface area contributed by atoms with Gasteiger partial charge >= 0.3 is 0 Å². The summed E-state index contributed by atoms with van der Waals surface area (Å²) < 4.78 is 17.3. The van der Waals surface area contributed by atoms with Crippen LogP contribution in [0.5, 0.6) is 17.2 Å². The van der Waals surface area contributed by atoms with Crippen LogP contribution in [0.3, 0.4) is 0 Å². The lowest BCUT2D eigenvalue weighted by Crippen LogP contribution is -2.33. The highest BCUT2D eigenvalue weighted by atomic mass is 16.5. The first-order valence-corrected chi connectivity index (χ1v) is 10.1. The molecule has 30 heavy (non-hydrogen) atoms. The average molecular weight is 400 g/mol. The molecule has 3 aromatic carbocycles. The van der Waals surface area contributed by atoms with Crippen molar-refractivity contribution in [3.8, 4) is 17.2 Å². The fourth-order valence-electron chi connectivity index (χ4n) is 4.18. The minimum absolute atomic E-state index is 0.129. The van der Waals surface area contributed by atoms with E-state index in [-0.39, 0.29) is 12.3 Å². The third-order valence-corrected chi connectivity index (χ3v) is 5.78. The molecular formula is C25H24N2O3. The van der Waals surface area contributed by atoms with Crippen LogP contribution in [-0.4, -0.2) is 24.9 Å². The maximum atomic E-state index is 6.43. The van der Waals surface area contributed by atoms with Gasteiger partial charge in [0.2, 0.25) is 6.23 Å². The smallest absolute Gasteiger partial charge is 0.214 e. The van der Waals surface area contributed by atoms with Crippen molar-refractivity contribution in [2.75, 3.05) is 14.2 Å². The number of nitrogens with zero attached hydrogens (tertiary/aromatic N) is 2. The minimum Gasteiger partial charge on any atom is -0.493 e. The predicted molar refractivity (Wildman–Crippen MR) is 116 cm³/mol. The maximum Gasteiger partial charge on any atom is 0.214 e. The summed E-state index contributed by atoms with van der Waals surface area (Å²) in [7, 11) is 3.28. The standard InChI is InChI=1S/C25H24N2O3/c1-16-8-10-17(11-9-16)20-15-21-19-6-4-5-7-22(19)30-25(27(21)26-20)18-12-13-23(28-2)24(14-18)29-3/h4-14,21,25H,15H2,1-3H3. The van der Waals surface area contributed by atoms with Crippen LogP contribution in [0.1, 0.15) is 40.9 Å². The van der Waals surface area contributed by atoms with Gasteiger partial charge in [0.25, 0.3) is 0 Å². The highest BCUT2D eigenvalue weighted by Gasteiger charge is 2.41. The molecule has 2 aliphatic rings. The summed E-state index contributed by atoms with van der Waals surface area (Å²) in [5.74, 6) is 2.27. The van der Waals surface area contributed by atoms with E-state index in [1.54, 1.807) is 14.2 Å². The number of rotatable bonds is 4. The van der Waals surface area contributed by atoms with Crippen LogP contribution < -0.4 is 14.2 Å². The number of hydrogen-bond acceptors (Lipinski definition) is 5. The minimum atomic E-state index is -0.340. The second kappa shape index (κ2) is 7.41. The molecule has 5 heteroatoms. The summed E-state index contributed by atoms with van der Waals surface area (Å²) >= 11 is 0. The molecule has 0 bridgehead atoms. The largest absolute Gasteiger partial charge is 0.493 e. The molecule has 3 aromatic rings. The van der Waals surface area contributed by atoms with Gasteiger partial charge in [-0.05, 0) is 36.8 Å². The average Bonchev–Trinajstić information content (AvgIpc) is 3.24. The van der Waals surface area contributed by atoms with E-state index in [0.29, 0.717) is 11.5 Å². The number of hydrogen-bond donors (Lipinski definition) is 0. The van der Waals surface area contributed by atoms with E-state index in [1.165, 1.54) is 11.1 Å². The Kier molecular flexibility index (Phi) is 4.58. The van der Waals surface area contributed by atoms with Gasteiger partial charge in [0.05, 0.1) is 26.0 Å². The van der Waals surface area contributed by atoms with Gasteiger partial charge in [0.1, 0.15) is 5.75 Å². The van der Waals surface area contributed by atoms with Crippen molar-refractivity contribution in [2.45, 2.75) is 25.6 Å². The van der Waals surface area contributed by atoms with Crippen LogP contribution in [0.4, 0.5) is 0 Å². The summed E-state index contributed by atoms with van der Waals surface area (Å²) in [6.07, 6.45) is 0.500. The Balaban J connectivity index is 1.58. The number of benzene rings is 3. The number of fused-ring (bicyclic) bond motifs is 3. The quantitative estimate of drug-likeness (QED) is 0.600. The predicted octanol–water partition coefficient (Wildman–Crippen LogP) is 5.25. The lowest BCUT2D eigenvalue weighted by molar-refractivity contribution is -0.0191. The van der Waals surface area contributed by atoms with Gasteiger partial charge < -0.3 is 14.2 Å². The zero-order chi connectivity index (χ0) is 20.7. The number of aryl methyl sites for hydroxylation is 1. The molecule has 0 saturated heterocycles. The molecule has 0 saturated carbocycles. The maximum absolute atomic E-state index is 6.43. The molecule has 5 nitrogen and oxygen atoms in total. The zero-order valence-electron chi connectivity index (χ0n) is 17.3. The molecule has 0 radical (unpaired) electrons. The van der Waals surface area contributed by atoms with Crippen molar-refractivity contribution in [2.24, 2.45) is 5.10 Å². The molecule has 0 N–H and O–H groups in total. The molecular weight excluding hydrogens is 376 g/mol. The van der Waals surface area contributed by atoms with E-state index in [2.05, 4.69) is 48.3 Å². The van der Waals surface area contributed by atoms with E-state index in [0.717, 1.165) is 29.0 Å². The lowest BCUT2D eigenvalue weighted by atomic mass is 9.95. The third-order valence-electron chi connectivity index (χ3n) is 5.78. The Labute approximate surface area is 176 Å². The van der Waals surface area contributed by atoms with Crippen molar-refractivity contribution in [3.63, 3.8) is 0 Å². The van der Waals surface area contributed by atoms with Gasteiger partial charge in [-0.15, -0.1) is 0 Å². The van der Waals surface area contributed by atoms with Gasteiger partial charge in [-0.3, -0.25) is 0 Å². The molecule has 2 aliphatic heterocycles. The molecule has 2 unspecified atom stereocenters. The summed E-state index contributed by atoms with van der Waals surface area (Å²) in [5.41, 5.74) is 5.61. The first kappa shape index (κ1) is 18.6. The number of para-hydroxylation sites is 1. The van der Waals surface area contributed by atoms with Crippen LogP contribution in [0, 0.1) is 6.92 Å². The number of ether oxygens (including phenoxy) is 3. The highest BCUT2D eigenvalue weighted by molar-refractivity contribution is 6.02. The molecule has 0 spiro atoms. The van der Waals surface area contributed by atoms with Crippen molar-refractivity contribution < 1.29 is 14.2 Å². The molecule has 0 aromatic heterocycles. The summed E-state index contributed by atoms with van der Waals surface area (Å²) in [5, 5.41) is 7.10. The third kappa shape index (κ3) is 3.07. The Bertz CT molecular complexity index is 1110. The van der Waals surface area contributed by atoms with Gasteiger partial charge in [-0.2, -0.15) is 5.10 Å². The fraction of sp³-hybridized carbons (Fsp3) is 0.240. The number of methoxy groups -OCH3 is 2. The Hall–Kier alpha value is -3.47. The van der Waals surface area contributed by atoms with Gasteiger partial charge in [-0.1, -0.05) is 48.0 Å². The van der Waals surface area contributed by atoms with Crippen LogP contribution >= 0.6 is 0 Å². The zero-order valence-corrected chi connectivity index (χ0v) is 17.3. The summed E-state index contributed by atoms with van der Waals surface area (Å²) in [6.45, 7) is 2.10. The molecule has 5 rings (SSSR count). The molecule has 2 atom stereocenters. The SMILES string of the molecule is COc1ccc(C2Oc3ccccc3C3CC(c4ccc(C)cc4)=NN32)cc1OC. The van der Waals surface area contributed by atoms with Crippen LogP contribution in [0.2, 0.25) is 0 Å². The monoisotopic (exact) mass is 400 g/mol. The second-order valence-electron chi connectivity index (χ2n) is 7.64. The van der Waals surface area contributed by atoms with Crippen molar-refractivity contribution >= 4 is 5.71 Å².